The predicted octanol–water partition coefficient (Wildman–Crippen LogP) is 2.28. The Morgan fingerprint density at radius 1 is 1.30 bits per heavy atom. The zero-order valence-corrected chi connectivity index (χ0v) is 13.3. The van der Waals surface area contributed by atoms with Gasteiger partial charge in [-0.3, -0.25) is 0 Å². The van der Waals surface area contributed by atoms with Crippen LogP contribution >= 0.6 is 0 Å². The van der Waals surface area contributed by atoms with Crippen molar-refractivity contribution >= 4 is 6.09 Å². The van der Waals surface area contributed by atoms with E-state index >= 15 is 0 Å². The molecule has 1 fully saturated rings. The van der Waals surface area contributed by atoms with Gasteiger partial charge in [-0.05, 0) is 46.0 Å². The second-order valence-electron chi connectivity index (χ2n) is 7.35. The van der Waals surface area contributed by atoms with Crippen LogP contribution in [0, 0.1) is 11.8 Å². The van der Waals surface area contributed by atoms with E-state index in [0.29, 0.717) is 6.42 Å². The summed E-state index contributed by atoms with van der Waals surface area (Å²) in [6.07, 6.45) is 0.814. The molecule has 20 heavy (non-hydrogen) atoms. The monoisotopic (exact) mass is 286 g/mol. The highest BCUT2D eigenvalue weighted by Crippen LogP contribution is 2.34. The van der Waals surface area contributed by atoms with E-state index in [9.17, 15) is 15.0 Å². The Bertz CT molecular complexity index is 339. The number of aliphatic hydroxyl groups is 1. The van der Waals surface area contributed by atoms with Gasteiger partial charge >= 0.3 is 6.09 Å². The summed E-state index contributed by atoms with van der Waals surface area (Å²) in [7, 11) is 0. The fraction of sp³-hybridized carbons (Fsp3) is 0.933. The molecule has 0 spiro atoms. The topological polar surface area (TPSA) is 86.8 Å². The molecule has 5 heteroatoms. The highest BCUT2D eigenvalue weighted by atomic mass is 16.4. The lowest BCUT2D eigenvalue weighted by atomic mass is 9.75. The van der Waals surface area contributed by atoms with E-state index in [2.05, 4.69) is 0 Å². The molecule has 0 aromatic rings. The molecular weight excluding hydrogens is 256 g/mol. The third-order valence-electron chi connectivity index (χ3n) is 4.34. The normalized spacial score (nSPS) is 29.3. The second kappa shape index (κ2) is 6.31. The van der Waals surface area contributed by atoms with Crippen LogP contribution < -0.4 is 5.73 Å². The Balaban J connectivity index is 2.90. The van der Waals surface area contributed by atoms with Crippen LogP contribution in [0.1, 0.15) is 53.9 Å². The average Bonchev–Trinajstić information content (AvgIpc) is 2.28. The fourth-order valence-electron chi connectivity index (χ4n) is 3.32. The molecule has 0 aliphatic heterocycles. The molecule has 4 atom stereocenters. The number of rotatable bonds is 3. The number of carbonyl (C=O) groups is 1. The van der Waals surface area contributed by atoms with Gasteiger partial charge in [-0.2, -0.15) is 0 Å². The minimum Gasteiger partial charge on any atom is -0.465 e. The van der Waals surface area contributed by atoms with Gasteiger partial charge in [-0.25, -0.2) is 4.79 Å². The third kappa shape index (κ3) is 3.85. The number of nitrogens with two attached hydrogens (primary N) is 1. The summed E-state index contributed by atoms with van der Waals surface area (Å²) < 4.78 is 0. The number of nitrogens with zero attached hydrogens (tertiary/aromatic N) is 1. The average molecular weight is 286 g/mol. The quantitative estimate of drug-likeness (QED) is 0.743. The summed E-state index contributed by atoms with van der Waals surface area (Å²) in [5, 5.41) is 19.8. The van der Waals surface area contributed by atoms with E-state index in [1.807, 2.05) is 34.6 Å². The highest BCUT2D eigenvalue weighted by Gasteiger charge is 2.41. The van der Waals surface area contributed by atoms with Crippen LogP contribution in [-0.2, 0) is 0 Å². The summed E-state index contributed by atoms with van der Waals surface area (Å²) in [5.74, 6) is 0.107. The van der Waals surface area contributed by atoms with Gasteiger partial charge in [0, 0.05) is 23.5 Å². The van der Waals surface area contributed by atoms with Gasteiger partial charge in [0.05, 0.1) is 6.10 Å². The molecule has 1 amide bonds. The number of hydrogen-bond donors (Lipinski definition) is 3. The summed E-state index contributed by atoms with van der Waals surface area (Å²) in [6, 6.07) is -0.107. The van der Waals surface area contributed by atoms with Gasteiger partial charge in [0.2, 0.25) is 0 Å². The van der Waals surface area contributed by atoms with Crippen molar-refractivity contribution in [3.63, 3.8) is 0 Å². The SMILES string of the molecule is CC(C)[C@H](O)[C@@H]1C[C@H](N(C(=O)O)C(C)(C)C)CC[C@@H]1N. The van der Waals surface area contributed by atoms with Crippen molar-refractivity contribution in [1.29, 1.82) is 0 Å². The molecule has 1 saturated carbocycles. The molecule has 0 aromatic carbocycles. The second-order valence-corrected chi connectivity index (χ2v) is 7.35. The van der Waals surface area contributed by atoms with Crippen molar-refractivity contribution in [2.75, 3.05) is 0 Å². The Morgan fingerprint density at radius 3 is 2.25 bits per heavy atom. The minimum atomic E-state index is -0.893. The van der Waals surface area contributed by atoms with E-state index in [1.165, 1.54) is 4.90 Å². The minimum absolute atomic E-state index is 0.0297. The van der Waals surface area contributed by atoms with Crippen LogP contribution in [0.2, 0.25) is 0 Å². The van der Waals surface area contributed by atoms with E-state index in [4.69, 9.17) is 5.73 Å². The van der Waals surface area contributed by atoms with Gasteiger partial charge in [0.1, 0.15) is 0 Å². The first kappa shape index (κ1) is 17.2. The van der Waals surface area contributed by atoms with E-state index in [0.717, 1.165) is 12.8 Å². The third-order valence-corrected chi connectivity index (χ3v) is 4.34. The van der Waals surface area contributed by atoms with Crippen molar-refractivity contribution in [2.24, 2.45) is 17.6 Å². The zero-order valence-electron chi connectivity index (χ0n) is 13.3. The van der Waals surface area contributed by atoms with Gasteiger partial charge in [0.25, 0.3) is 0 Å². The number of amides is 1. The predicted molar refractivity (Wildman–Crippen MR) is 79.6 cm³/mol. The summed E-state index contributed by atoms with van der Waals surface area (Å²) >= 11 is 0. The largest absolute Gasteiger partial charge is 0.465 e. The number of hydrogen-bond acceptors (Lipinski definition) is 3. The lowest BCUT2D eigenvalue weighted by Gasteiger charge is -2.46. The standard InChI is InChI=1S/C15H30N2O3/c1-9(2)13(18)11-8-10(6-7-12(11)16)17(14(19)20)15(3,4)5/h9-13,18H,6-8,16H2,1-5H3,(H,19,20)/t10-,11-,12+,13+/m1/s1. The maximum atomic E-state index is 11.6. The molecule has 0 bridgehead atoms. The van der Waals surface area contributed by atoms with Gasteiger partial charge in [0.15, 0.2) is 0 Å². The molecule has 1 aliphatic rings. The molecule has 0 heterocycles. The molecule has 1 rings (SSSR count). The lowest BCUT2D eigenvalue weighted by molar-refractivity contribution is -0.00620. The first-order valence-electron chi connectivity index (χ1n) is 7.51. The maximum absolute atomic E-state index is 11.6. The van der Waals surface area contributed by atoms with Gasteiger partial charge < -0.3 is 20.8 Å². The van der Waals surface area contributed by atoms with E-state index < -0.39 is 17.7 Å². The molecule has 4 N–H and O–H groups in total. The molecule has 1 aliphatic carbocycles. The van der Waals surface area contributed by atoms with Crippen molar-refractivity contribution < 1.29 is 15.0 Å². The summed E-state index contributed by atoms with van der Waals surface area (Å²) in [6.45, 7) is 9.66. The molecule has 0 radical (unpaired) electrons. The summed E-state index contributed by atoms with van der Waals surface area (Å²) in [5.41, 5.74) is 5.70. The smallest absolute Gasteiger partial charge is 0.407 e. The summed E-state index contributed by atoms with van der Waals surface area (Å²) in [4.78, 5) is 13.1. The Labute approximate surface area is 122 Å². The van der Waals surface area contributed by atoms with Crippen molar-refractivity contribution in [3.05, 3.63) is 0 Å². The Hall–Kier alpha value is -0.810. The van der Waals surface area contributed by atoms with Gasteiger partial charge in [-0.15, -0.1) is 0 Å². The van der Waals surface area contributed by atoms with Crippen LogP contribution in [0.3, 0.4) is 0 Å². The molecule has 5 nitrogen and oxygen atoms in total. The Kier molecular flexibility index (Phi) is 5.44. The van der Waals surface area contributed by atoms with E-state index in [-0.39, 0.29) is 23.9 Å². The van der Waals surface area contributed by atoms with Crippen LogP contribution in [0.15, 0.2) is 0 Å². The van der Waals surface area contributed by atoms with Crippen molar-refractivity contribution in [3.8, 4) is 0 Å². The first-order chi connectivity index (χ1) is 9.05. The maximum Gasteiger partial charge on any atom is 0.407 e. The molecular formula is C15H30N2O3. The van der Waals surface area contributed by atoms with Crippen LogP contribution in [0.5, 0.6) is 0 Å². The van der Waals surface area contributed by atoms with Crippen molar-refractivity contribution in [2.45, 2.75) is 77.6 Å². The Morgan fingerprint density at radius 2 is 1.85 bits per heavy atom. The van der Waals surface area contributed by atoms with Crippen LogP contribution in [0.4, 0.5) is 4.79 Å². The van der Waals surface area contributed by atoms with Crippen molar-refractivity contribution in [1.82, 2.24) is 4.90 Å². The zero-order chi connectivity index (χ0) is 15.7. The van der Waals surface area contributed by atoms with E-state index in [1.54, 1.807) is 0 Å². The molecule has 0 unspecified atom stereocenters. The highest BCUT2D eigenvalue weighted by molar-refractivity contribution is 5.66. The molecule has 118 valence electrons. The number of carboxylic acid groups (broad SMARTS) is 1. The first-order valence-corrected chi connectivity index (χ1v) is 7.51. The molecule has 0 aromatic heterocycles. The van der Waals surface area contributed by atoms with Gasteiger partial charge in [-0.1, -0.05) is 13.8 Å². The number of aliphatic hydroxyl groups excluding tert-OH is 1. The fourth-order valence-corrected chi connectivity index (χ4v) is 3.32. The van der Waals surface area contributed by atoms with Crippen LogP contribution in [0.25, 0.3) is 0 Å². The van der Waals surface area contributed by atoms with Crippen LogP contribution in [-0.4, -0.2) is 44.9 Å². The molecule has 0 saturated heterocycles. The lowest BCUT2D eigenvalue weighted by Crippen LogP contribution is -2.56.